The molecule has 0 aliphatic heterocycles. The van der Waals surface area contributed by atoms with Gasteiger partial charge in [0, 0.05) is 23.5 Å². The molecule has 1 atom stereocenters. The second-order valence-corrected chi connectivity index (χ2v) is 9.64. The molecule has 2 aromatic rings. The normalized spacial score (nSPS) is 11.9. The molecule has 0 saturated heterocycles. The Morgan fingerprint density at radius 2 is 1.73 bits per heavy atom. The summed E-state index contributed by atoms with van der Waals surface area (Å²) < 4.78 is 5.14. The van der Waals surface area contributed by atoms with Crippen molar-refractivity contribution < 1.29 is 19.1 Å². The number of carbonyl (C=O) groups is 3. The van der Waals surface area contributed by atoms with Crippen molar-refractivity contribution in [1.82, 2.24) is 15.2 Å². The monoisotopic (exact) mass is 474 g/mol. The lowest BCUT2D eigenvalue weighted by Crippen LogP contribution is -2.40. The molecule has 1 heterocycles. The Kier molecular flexibility index (Phi) is 9.84. The Bertz CT molecular complexity index is 940. The average molecular weight is 475 g/mol. The van der Waals surface area contributed by atoms with Crippen LogP contribution in [0.2, 0.25) is 0 Å². The molecule has 1 aromatic heterocycles. The van der Waals surface area contributed by atoms with E-state index in [9.17, 15) is 14.4 Å². The zero-order valence-electron chi connectivity index (χ0n) is 20.2. The standard InChI is InChI=1S/C24H34N4O4S/c1-15(2)12-28(23(31)18-7-9-20(32-6)10-8-18)13-22(30)27-24-26-19(14-33-24)11-21(29)25-17(5)16(3)4/h7-10,14-17H,11-13H2,1-6H3,(H,25,29)(H,26,27,30). The summed E-state index contributed by atoms with van der Waals surface area (Å²) in [5.74, 6) is 0.527. The summed E-state index contributed by atoms with van der Waals surface area (Å²) >= 11 is 1.25. The van der Waals surface area contributed by atoms with E-state index in [1.165, 1.54) is 16.2 Å². The van der Waals surface area contributed by atoms with Crippen molar-refractivity contribution in [2.75, 3.05) is 25.5 Å². The van der Waals surface area contributed by atoms with Crippen molar-refractivity contribution >= 4 is 34.2 Å². The molecule has 0 bridgehead atoms. The number of carbonyl (C=O) groups excluding carboxylic acids is 3. The number of rotatable bonds is 11. The van der Waals surface area contributed by atoms with Gasteiger partial charge in [-0.1, -0.05) is 27.7 Å². The van der Waals surface area contributed by atoms with Crippen molar-refractivity contribution in [3.63, 3.8) is 0 Å². The van der Waals surface area contributed by atoms with Crippen LogP contribution in [-0.4, -0.2) is 53.8 Å². The van der Waals surface area contributed by atoms with Crippen LogP contribution in [0.4, 0.5) is 5.13 Å². The van der Waals surface area contributed by atoms with Gasteiger partial charge in [-0.2, -0.15) is 0 Å². The van der Waals surface area contributed by atoms with Crippen LogP contribution in [-0.2, 0) is 16.0 Å². The summed E-state index contributed by atoms with van der Waals surface area (Å²) in [7, 11) is 1.56. The number of amides is 3. The van der Waals surface area contributed by atoms with Crippen LogP contribution >= 0.6 is 11.3 Å². The van der Waals surface area contributed by atoms with Gasteiger partial charge in [0.25, 0.3) is 5.91 Å². The molecule has 9 heteroatoms. The molecule has 33 heavy (non-hydrogen) atoms. The minimum Gasteiger partial charge on any atom is -0.497 e. The molecule has 1 unspecified atom stereocenters. The maximum absolute atomic E-state index is 13.0. The second-order valence-electron chi connectivity index (χ2n) is 8.78. The fraction of sp³-hybridized carbons (Fsp3) is 0.500. The minimum absolute atomic E-state index is 0.0745. The Morgan fingerprint density at radius 1 is 1.06 bits per heavy atom. The summed E-state index contributed by atoms with van der Waals surface area (Å²) in [6, 6.07) is 6.88. The number of benzene rings is 1. The number of methoxy groups -OCH3 is 1. The van der Waals surface area contributed by atoms with Gasteiger partial charge in [0.05, 0.1) is 19.2 Å². The van der Waals surface area contributed by atoms with Gasteiger partial charge in [-0.15, -0.1) is 11.3 Å². The fourth-order valence-electron chi connectivity index (χ4n) is 2.99. The Morgan fingerprint density at radius 3 is 2.30 bits per heavy atom. The maximum atomic E-state index is 13.0. The molecule has 8 nitrogen and oxygen atoms in total. The van der Waals surface area contributed by atoms with E-state index in [-0.39, 0.29) is 42.6 Å². The molecule has 180 valence electrons. The van der Waals surface area contributed by atoms with E-state index >= 15 is 0 Å². The van der Waals surface area contributed by atoms with Crippen LogP contribution in [0.25, 0.3) is 0 Å². The van der Waals surface area contributed by atoms with E-state index in [1.807, 2.05) is 34.6 Å². The zero-order valence-corrected chi connectivity index (χ0v) is 21.0. The van der Waals surface area contributed by atoms with Crippen molar-refractivity contribution in [3.05, 3.63) is 40.9 Å². The molecule has 0 spiro atoms. The van der Waals surface area contributed by atoms with Gasteiger partial charge in [-0.3, -0.25) is 14.4 Å². The quantitative estimate of drug-likeness (QED) is 0.518. The molecule has 2 N–H and O–H groups in total. The highest BCUT2D eigenvalue weighted by Gasteiger charge is 2.21. The van der Waals surface area contributed by atoms with Gasteiger partial charge in [-0.25, -0.2) is 4.98 Å². The smallest absolute Gasteiger partial charge is 0.254 e. The molecule has 0 fully saturated rings. The lowest BCUT2D eigenvalue weighted by atomic mass is 10.1. The number of hydrogen-bond acceptors (Lipinski definition) is 6. The third kappa shape index (κ3) is 8.49. The summed E-state index contributed by atoms with van der Waals surface area (Å²) in [5, 5.41) is 7.85. The van der Waals surface area contributed by atoms with Crippen molar-refractivity contribution in [1.29, 1.82) is 0 Å². The van der Waals surface area contributed by atoms with Gasteiger partial charge in [-0.05, 0) is 43.0 Å². The van der Waals surface area contributed by atoms with E-state index in [2.05, 4.69) is 15.6 Å². The minimum atomic E-state index is -0.337. The zero-order chi connectivity index (χ0) is 24.5. The van der Waals surface area contributed by atoms with Crippen LogP contribution in [0.5, 0.6) is 5.75 Å². The largest absolute Gasteiger partial charge is 0.497 e. The molecular formula is C24H34N4O4S. The van der Waals surface area contributed by atoms with Crippen molar-refractivity contribution in [2.45, 2.75) is 47.1 Å². The van der Waals surface area contributed by atoms with E-state index in [0.717, 1.165) is 0 Å². The number of thiazole rings is 1. The molecule has 3 amide bonds. The number of anilines is 1. The maximum Gasteiger partial charge on any atom is 0.254 e. The number of hydrogen-bond donors (Lipinski definition) is 2. The van der Waals surface area contributed by atoms with Crippen LogP contribution in [0.1, 0.15) is 50.7 Å². The third-order valence-corrected chi connectivity index (χ3v) is 5.88. The van der Waals surface area contributed by atoms with Gasteiger partial charge in [0.2, 0.25) is 11.8 Å². The van der Waals surface area contributed by atoms with Crippen molar-refractivity contribution in [2.24, 2.45) is 11.8 Å². The highest BCUT2D eigenvalue weighted by molar-refractivity contribution is 7.13. The van der Waals surface area contributed by atoms with Crippen LogP contribution < -0.4 is 15.4 Å². The van der Waals surface area contributed by atoms with Crippen LogP contribution in [0.3, 0.4) is 0 Å². The third-order valence-electron chi connectivity index (χ3n) is 5.07. The van der Waals surface area contributed by atoms with Crippen molar-refractivity contribution in [3.8, 4) is 5.75 Å². The van der Waals surface area contributed by atoms with E-state index in [1.54, 1.807) is 36.8 Å². The molecule has 1 aromatic carbocycles. The number of ether oxygens (including phenoxy) is 1. The predicted octanol–water partition coefficient (Wildman–Crippen LogP) is 3.59. The molecular weight excluding hydrogens is 440 g/mol. The second kappa shape index (κ2) is 12.3. The topological polar surface area (TPSA) is 101 Å². The Labute approximate surface area is 199 Å². The van der Waals surface area contributed by atoms with Crippen LogP contribution in [0.15, 0.2) is 29.6 Å². The lowest BCUT2D eigenvalue weighted by Gasteiger charge is -2.24. The highest BCUT2D eigenvalue weighted by atomic mass is 32.1. The van der Waals surface area contributed by atoms with Gasteiger partial charge in [0.1, 0.15) is 12.3 Å². The van der Waals surface area contributed by atoms with Gasteiger partial charge in [0.15, 0.2) is 5.13 Å². The first-order valence-corrected chi connectivity index (χ1v) is 11.9. The van der Waals surface area contributed by atoms with Gasteiger partial charge >= 0.3 is 0 Å². The number of nitrogens with one attached hydrogen (secondary N) is 2. The van der Waals surface area contributed by atoms with Crippen LogP contribution in [0, 0.1) is 11.8 Å². The van der Waals surface area contributed by atoms with E-state index in [4.69, 9.17) is 4.74 Å². The Hall–Kier alpha value is -2.94. The first-order chi connectivity index (χ1) is 15.6. The Balaban J connectivity index is 1.98. The molecule has 0 radical (unpaired) electrons. The molecule has 0 saturated carbocycles. The first-order valence-electron chi connectivity index (χ1n) is 11.1. The number of nitrogens with zero attached hydrogens (tertiary/aromatic N) is 2. The summed E-state index contributed by atoms with van der Waals surface area (Å²) in [4.78, 5) is 43.7. The van der Waals surface area contributed by atoms with E-state index in [0.29, 0.717) is 34.6 Å². The lowest BCUT2D eigenvalue weighted by molar-refractivity contribution is -0.121. The summed E-state index contributed by atoms with van der Waals surface area (Å²) in [6.45, 7) is 10.4. The van der Waals surface area contributed by atoms with E-state index < -0.39 is 0 Å². The molecule has 0 aliphatic carbocycles. The highest BCUT2D eigenvalue weighted by Crippen LogP contribution is 2.17. The molecule has 2 rings (SSSR count). The summed E-state index contributed by atoms with van der Waals surface area (Å²) in [5.41, 5.74) is 1.08. The average Bonchev–Trinajstić information content (AvgIpc) is 3.18. The SMILES string of the molecule is COc1ccc(C(=O)N(CC(=O)Nc2nc(CC(=O)NC(C)C(C)C)cs2)CC(C)C)cc1. The number of aromatic nitrogens is 1. The summed E-state index contributed by atoms with van der Waals surface area (Å²) in [6.07, 6.45) is 0.152. The fourth-order valence-corrected chi connectivity index (χ4v) is 3.72. The first kappa shape index (κ1) is 26.3. The predicted molar refractivity (Wildman–Crippen MR) is 131 cm³/mol. The van der Waals surface area contributed by atoms with Gasteiger partial charge < -0.3 is 20.3 Å². The molecule has 0 aliphatic rings.